The molecule has 4 aromatic rings. The van der Waals surface area contributed by atoms with Crippen molar-refractivity contribution in [1.82, 2.24) is 30.0 Å². The van der Waals surface area contributed by atoms with Gasteiger partial charge in [-0.1, -0.05) is 0 Å². The highest BCUT2D eigenvalue weighted by atomic mass is 19.1. The minimum atomic E-state index is -0.642. The molecular weight excluding hydrogens is 426 g/mol. The van der Waals surface area contributed by atoms with Gasteiger partial charge >= 0.3 is 0 Å². The highest BCUT2D eigenvalue weighted by Gasteiger charge is 2.17. The first-order valence-electron chi connectivity index (χ1n) is 10.9. The summed E-state index contributed by atoms with van der Waals surface area (Å²) in [6.07, 6.45) is 4.34. The molecule has 1 aromatic carbocycles. The van der Waals surface area contributed by atoms with Gasteiger partial charge in [-0.3, -0.25) is 4.68 Å². The number of aromatic nitrogens is 5. The lowest BCUT2D eigenvalue weighted by atomic mass is 10.1. The zero-order chi connectivity index (χ0) is 22.9. The van der Waals surface area contributed by atoms with Gasteiger partial charge in [-0.15, -0.1) is 0 Å². The molecule has 1 fully saturated rings. The first-order chi connectivity index (χ1) is 16.0. The first kappa shape index (κ1) is 21.2. The zero-order valence-corrected chi connectivity index (χ0v) is 18.4. The Morgan fingerprint density at radius 2 is 1.82 bits per heavy atom. The second kappa shape index (κ2) is 8.70. The van der Waals surface area contributed by atoms with E-state index in [1.54, 1.807) is 16.9 Å². The average Bonchev–Trinajstić information content (AvgIpc) is 3.26. The molecule has 0 atom stereocenters. The third kappa shape index (κ3) is 4.21. The third-order valence-electron chi connectivity index (χ3n) is 5.64. The highest BCUT2D eigenvalue weighted by Crippen LogP contribution is 2.29. The lowest BCUT2D eigenvalue weighted by Crippen LogP contribution is -2.43. The number of rotatable bonds is 5. The number of nitrogens with one attached hydrogen (secondary N) is 2. The molecule has 0 spiro atoms. The van der Waals surface area contributed by atoms with Crippen LogP contribution in [0.4, 0.5) is 26.2 Å². The van der Waals surface area contributed by atoms with Gasteiger partial charge in [0.15, 0.2) is 5.82 Å². The van der Waals surface area contributed by atoms with Crippen LogP contribution in [0.2, 0.25) is 0 Å². The first-order valence-corrected chi connectivity index (χ1v) is 10.9. The van der Waals surface area contributed by atoms with Crippen molar-refractivity contribution in [2.75, 3.05) is 36.4 Å². The fourth-order valence-corrected chi connectivity index (χ4v) is 3.97. The molecule has 3 aromatic heterocycles. The van der Waals surface area contributed by atoms with Gasteiger partial charge in [-0.2, -0.15) is 5.10 Å². The zero-order valence-electron chi connectivity index (χ0n) is 18.4. The predicted molar refractivity (Wildman–Crippen MR) is 124 cm³/mol. The summed E-state index contributed by atoms with van der Waals surface area (Å²) in [5, 5.41) is 11.0. The number of fused-ring (bicyclic) bond motifs is 1. The molecule has 0 unspecified atom stereocenters. The molecule has 1 saturated heterocycles. The van der Waals surface area contributed by atoms with Crippen LogP contribution in [0.15, 0.2) is 42.9 Å². The van der Waals surface area contributed by atoms with E-state index in [9.17, 15) is 8.78 Å². The molecule has 0 amide bonds. The summed E-state index contributed by atoms with van der Waals surface area (Å²) >= 11 is 0. The minimum absolute atomic E-state index is 0.00208. The Morgan fingerprint density at radius 1 is 1.00 bits per heavy atom. The maximum absolute atomic E-state index is 14.7. The van der Waals surface area contributed by atoms with Crippen LogP contribution in [-0.4, -0.2) is 50.9 Å². The van der Waals surface area contributed by atoms with E-state index in [0.717, 1.165) is 38.1 Å². The summed E-state index contributed by atoms with van der Waals surface area (Å²) in [4.78, 5) is 15.0. The van der Waals surface area contributed by atoms with Gasteiger partial charge in [0, 0.05) is 37.8 Å². The monoisotopic (exact) mass is 450 g/mol. The Kier molecular flexibility index (Phi) is 5.59. The number of hydrogen-bond donors (Lipinski definition) is 2. The molecule has 8 nitrogen and oxygen atoms in total. The minimum Gasteiger partial charge on any atom is -0.368 e. The van der Waals surface area contributed by atoms with Gasteiger partial charge in [-0.05, 0) is 38.1 Å². The van der Waals surface area contributed by atoms with Crippen LogP contribution < -0.4 is 15.5 Å². The Morgan fingerprint density at radius 3 is 2.55 bits per heavy atom. The van der Waals surface area contributed by atoms with Crippen molar-refractivity contribution in [3.8, 4) is 11.3 Å². The largest absolute Gasteiger partial charge is 0.368 e. The molecule has 0 saturated carbocycles. The second-order valence-electron chi connectivity index (χ2n) is 8.23. The van der Waals surface area contributed by atoms with Crippen LogP contribution >= 0.6 is 0 Å². The van der Waals surface area contributed by atoms with Crippen molar-refractivity contribution in [2.45, 2.75) is 19.9 Å². The highest BCUT2D eigenvalue weighted by molar-refractivity contribution is 5.84. The van der Waals surface area contributed by atoms with Gasteiger partial charge < -0.3 is 15.5 Å². The van der Waals surface area contributed by atoms with Crippen molar-refractivity contribution < 1.29 is 8.78 Å². The smallest absolute Gasteiger partial charge is 0.229 e. The molecule has 4 heterocycles. The van der Waals surface area contributed by atoms with Gasteiger partial charge in [0.25, 0.3) is 0 Å². The van der Waals surface area contributed by atoms with E-state index >= 15 is 0 Å². The molecule has 5 rings (SSSR count). The Labute approximate surface area is 189 Å². The van der Waals surface area contributed by atoms with E-state index in [1.807, 2.05) is 26.0 Å². The summed E-state index contributed by atoms with van der Waals surface area (Å²) in [5.41, 5.74) is 1.93. The maximum Gasteiger partial charge on any atom is 0.229 e. The topological polar surface area (TPSA) is 83.8 Å². The Balaban J connectivity index is 1.43. The maximum atomic E-state index is 14.7. The number of nitrogens with zero attached hydrogens (tertiary/aromatic N) is 6. The van der Waals surface area contributed by atoms with E-state index in [1.165, 1.54) is 12.3 Å². The number of anilines is 3. The molecule has 1 aliphatic heterocycles. The molecule has 33 heavy (non-hydrogen) atoms. The number of halogens is 2. The third-order valence-corrected chi connectivity index (χ3v) is 5.64. The van der Waals surface area contributed by atoms with E-state index in [0.29, 0.717) is 22.3 Å². The summed E-state index contributed by atoms with van der Waals surface area (Å²) < 4.78 is 31.1. The van der Waals surface area contributed by atoms with E-state index < -0.39 is 11.6 Å². The second-order valence-corrected chi connectivity index (χ2v) is 8.23. The van der Waals surface area contributed by atoms with Crippen LogP contribution in [0, 0.1) is 11.6 Å². The molecule has 0 aliphatic carbocycles. The molecule has 170 valence electrons. The van der Waals surface area contributed by atoms with E-state index in [-0.39, 0.29) is 17.7 Å². The SMILES string of the molecule is CC(C)n1ncc2c(F)cc(-c3nc(Nc4ccc(N5CCNCC5)cn4)ncc3F)cc21. The average molecular weight is 450 g/mol. The normalized spacial score (nSPS) is 14.3. The van der Waals surface area contributed by atoms with Crippen molar-refractivity contribution in [3.63, 3.8) is 0 Å². The quantitative estimate of drug-likeness (QED) is 0.477. The number of piperazine rings is 1. The van der Waals surface area contributed by atoms with Crippen molar-refractivity contribution >= 4 is 28.4 Å². The van der Waals surface area contributed by atoms with Gasteiger partial charge in [0.1, 0.15) is 17.3 Å². The van der Waals surface area contributed by atoms with Crippen LogP contribution in [0.25, 0.3) is 22.2 Å². The van der Waals surface area contributed by atoms with Gasteiger partial charge in [-0.25, -0.2) is 23.7 Å². The van der Waals surface area contributed by atoms with E-state index in [4.69, 9.17) is 0 Å². The molecule has 2 N–H and O–H groups in total. The number of benzene rings is 1. The van der Waals surface area contributed by atoms with E-state index in [2.05, 4.69) is 35.6 Å². The van der Waals surface area contributed by atoms with Crippen LogP contribution in [0.3, 0.4) is 0 Å². The fourth-order valence-electron chi connectivity index (χ4n) is 3.97. The Bertz CT molecular complexity index is 1280. The molecule has 0 radical (unpaired) electrons. The lowest BCUT2D eigenvalue weighted by molar-refractivity contribution is 0.550. The molecule has 0 bridgehead atoms. The summed E-state index contributed by atoms with van der Waals surface area (Å²) in [5.74, 6) is -0.415. The van der Waals surface area contributed by atoms with Crippen LogP contribution in [0.1, 0.15) is 19.9 Å². The number of hydrogen-bond acceptors (Lipinski definition) is 7. The van der Waals surface area contributed by atoms with Gasteiger partial charge in [0.2, 0.25) is 5.95 Å². The summed E-state index contributed by atoms with van der Waals surface area (Å²) in [6.45, 7) is 7.63. The number of pyridine rings is 1. The fraction of sp³-hybridized carbons (Fsp3) is 0.304. The van der Waals surface area contributed by atoms with Crippen molar-refractivity contribution in [3.05, 3.63) is 54.5 Å². The van der Waals surface area contributed by atoms with Crippen molar-refractivity contribution in [2.24, 2.45) is 0 Å². The standard InChI is InChI=1S/C23H24F2N8/c1-14(2)33-20-10-15(9-18(24)17(20)12-29-33)22-19(25)13-28-23(31-22)30-21-4-3-16(11-27-21)32-7-5-26-6-8-32/h3-4,9-14,26H,5-8H2,1-2H3,(H,27,28,30,31). The molecular formula is C23H24F2N8. The predicted octanol–water partition coefficient (Wildman–Crippen LogP) is 3.90. The lowest BCUT2D eigenvalue weighted by Gasteiger charge is -2.29. The molecule has 1 aliphatic rings. The van der Waals surface area contributed by atoms with Crippen LogP contribution in [0.5, 0.6) is 0 Å². The summed E-state index contributed by atoms with van der Waals surface area (Å²) in [7, 11) is 0. The molecule has 10 heteroatoms. The Hall–Kier alpha value is -3.66. The van der Waals surface area contributed by atoms with Crippen LogP contribution in [-0.2, 0) is 0 Å². The van der Waals surface area contributed by atoms with Crippen molar-refractivity contribution in [1.29, 1.82) is 0 Å². The summed E-state index contributed by atoms with van der Waals surface area (Å²) in [6, 6.07) is 6.80. The van der Waals surface area contributed by atoms with Gasteiger partial charge in [0.05, 0.1) is 35.2 Å².